The van der Waals surface area contributed by atoms with E-state index < -0.39 is 0 Å². The highest BCUT2D eigenvalue weighted by atomic mass is 35.5. The lowest BCUT2D eigenvalue weighted by atomic mass is 10.1. The highest BCUT2D eigenvalue weighted by molar-refractivity contribution is 7.99. The molecule has 5 nitrogen and oxygen atoms in total. The number of rotatable bonds is 4. The number of anilines is 1. The van der Waals surface area contributed by atoms with Gasteiger partial charge in [0, 0.05) is 28.6 Å². The van der Waals surface area contributed by atoms with E-state index in [1.807, 2.05) is 24.3 Å². The number of carbonyl (C=O) groups is 1. The van der Waals surface area contributed by atoms with Gasteiger partial charge in [0.2, 0.25) is 0 Å². The van der Waals surface area contributed by atoms with Gasteiger partial charge in [-0.1, -0.05) is 17.7 Å². The standard InChI is InChI=1S/C18H19ClN2O3S/c1-23-14-6-7-16(24-2)15(11-14)17-21(8-9-25-17)18(22)20-13-5-3-4-12(19)10-13/h3-7,10-11,17H,8-9H2,1-2H3,(H,20,22). The zero-order valence-electron chi connectivity index (χ0n) is 14.0. The summed E-state index contributed by atoms with van der Waals surface area (Å²) in [4.78, 5) is 14.5. The minimum atomic E-state index is -0.165. The average Bonchev–Trinajstić information content (AvgIpc) is 3.11. The minimum Gasteiger partial charge on any atom is -0.497 e. The summed E-state index contributed by atoms with van der Waals surface area (Å²) in [6, 6.07) is 12.6. The van der Waals surface area contributed by atoms with Crippen molar-refractivity contribution in [1.29, 1.82) is 0 Å². The highest BCUT2D eigenvalue weighted by Crippen LogP contribution is 2.43. The first-order chi connectivity index (χ1) is 12.1. The van der Waals surface area contributed by atoms with Crippen molar-refractivity contribution < 1.29 is 14.3 Å². The molecule has 1 unspecified atom stereocenters. The van der Waals surface area contributed by atoms with E-state index in [1.165, 1.54) is 0 Å². The van der Waals surface area contributed by atoms with Crippen molar-refractivity contribution in [3.05, 3.63) is 53.1 Å². The van der Waals surface area contributed by atoms with Crippen LogP contribution in [0.15, 0.2) is 42.5 Å². The number of benzene rings is 2. The molecule has 0 radical (unpaired) electrons. The smallest absolute Gasteiger partial charge is 0.323 e. The lowest BCUT2D eigenvalue weighted by Crippen LogP contribution is -2.34. The number of hydrogen-bond acceptors (Lipinski definition) is 4. The predicted octanol–water partition coefficient (Wildman–Crippen LogP) is 4.64. The minimum absolute atomic E-state index is 0.135. The highest BCUT2D eigenvalue weighted by Gasteiger charge is 2.33. The maximum atomic E-state index is 12.8. The van der Waals surface area contributed by atoms with Gasteiger partial charge in [-0.2, -0.15) is 0 Å². The zero-order valence-corrected chi connectivity index (χ0v) is 15.6. The van der Waals surface area contributed by atoms with Crippen LogP contribution in [-0.4, -0.2) is 37.4 Å². The summed E-state index contributed by atoms with van der Waals surface area (Å²) >= 11 is 7.68. The van der Waals surface area contributed by atoms with Crippen LogP contribution in [0.2, 0.25) is 5.02 Å². The summed E-state index contributed by atoms with van der Waals surface area (Å²) in [5, 5.41) is 3.36. The molecule has 2 aromatic rings. The second kappa shape index (κ2) is 7.89. The quantitative estimate of drug-likeness (QED) is 0.842. The second-order valence-electron chi connectivity index (χ2n) is 5.46. The maximum absolute atomic E-state index is 12.8. The second-order valence-corrected chi connectivity index (χ2v) is 7.09. The Morgan fingerprint density at radius 3 is 2.80 bits per heavy atom. The number of carbonyl (C=O) groups excluding carboxylic acids is 1. The van der Waals surface area contributed by atoms with Crippen molar-refractivity contribution >= 4 is 35.1 Å². The molecule has 1 saturated heterocycles. The predicted molar refractivity (Wildman–Crippen MR) is 102 cm³/mol. The van der Waals surface area contributed by atoms with Crippen molar-refractivity contribution in [3.8, 4) is 11.5 Å². The van der Waals surface area contributed by atoms with Crippen LogP contribution in [0.25, 0.3) is 0 Å². The summed E-state index contributed by atoms with van der Waals surface area (Å²) in [5.74, 6) is 2.33. The van der Waals surface area contributed by atoms with Crippen molar-refractivity contribution in [2.24, 2.45) is 0 Å². The molecule has 1 heterocycles. The van der Waals surface area contributed by atoms with Gasteiger partial charge in [0.15, 0.2) is 0 Å². The Bertz CT molecular complexity index is 772. The van der Waals surface area contributed by atoms with Crippen molar-refractivity contribution in [2.75, 3.05) is 31.8 Å². The Hall–Kier alpha value is -2.05. The first kappa shape index (κ1) is 17.8. The number of nitrogens with zero attached hydrogens (tertiary/aromatic N) is 1. The summed E-state index contributed by atoms with van der Waals surface area (Å²) in [7, 11) is 3.25. The molecule has 1 aliphatic rings. The van der Waals surface area contributed by atoms with Gasteiger partial charge >= 0.3 is 6.03 Å². The van der Waals surface area contributed by atoms with Crippen molar-refractivity contribution in [2.45, 2.75) is 5.37 Å². The molecule has 0 aromatic heterocycles. The number of ether oxygens (including phenoxy) is 2. The van der Waals surface area contributed by atoms with E-state index in [9.17, 15) is 4.79 Å². The van der Waals surface area contributed by atoms with Crippen LogP contribution in [0.4, 0.5) is 10.5 Å². The van der Waals surface area contributed by atoms with Crippen LogP contribution < -0.4 is 14.8 Å². The third-order valence-electron chi connectivity index (χ3n) is 3.93. The molecule has 0 spiro atoms. The fourth-order valence-electron chi connectivity index (χ4n) is 2.73. The molecular weight excluding hydrogens is 360 g/mol. The average molecular weight is 379 g/mol. The van der Waals surface area contributed by atoms with Crippen LogP contribution in [0.3, 0.4) is 0 Å². The van der Waals surface area contributed by atoms with Gasteiger partial charge in [-0.05, 0) is 36.4 Å². The maximum Gasteiger partial charge on any atom is 0.323 e. The van der Waals surface area contributed by atoms with Crippen LogP contribution in [-0.2, 0) is 0 Å². The largest absolute Gasteiger partial charge is 0.497 e. The van der Waals surface area contributed by atoms with Gasteiger partial charge in [-0.25, -0.2) is 4.79 Å². The molecule has 3 rings (SSSR count). The first-order valence-corrected chi connectivity index (χ1v) is 9.22. The molecule has 0 bridgehead atoms. The number of halogens is 1. The monoisotopic (exact) mass is 378 g/mol. The van der Waals surface area contributed by atoms with Crippen LogP contribution in [0, 0.1) is 0 Å². The van der Waals surface area contributed by atoms with Gasteiger partial charge in [-0.15, -0.1) is 11.8 Å². The third kappa shape index (κ3) is 3.96. The number of amides is 2. The SMILES string of the molecule is COc1ccc(OC)c(C2SCCN2C(=O)Nc2cccc(Cl)c2)c1. The number of methoxy groups -OCH3 is 2. The summed E-state index contributed by atoms with van der Waals surface area (Å²) in [5.41, 5.74) is 1.59. The van der Waals surface area contributed by atoms with Crippen molar-refractivity contribution in [3.63, 3.8) is 0 Å². The van der Waals surface area contributed by atoms with Gasteiger partial charge in [0.1, 0.15) is 16.9 Å². The normalized spacial score (nSPS) is 16.6. The number of urea groups is 1. The van der Waals surface area contributed by atoms with Crippen LogP contribution in [0.1, 0.15) is 10.9 Å². The summed E-state index contributed by atoms with van der Waals surface area (Å²) < 4.78 is 10.8. The molecule has 1 N–H and O–H groups in total. The molecule has 25 heavy (non-hydrogen) atoms. The Morgan fingerprint density at radius 2 is 2.08 bits per heavy atom. The summed E-state index contributed by atoms with van der Waals surface area (Å²) in [6.45, 7) is 0.655. The molecule has 0 saturated carbocycles. The fourth-order valence-corrected chi connectivity index (χ4v) is 4.19. The van der Waals surface area contributed by atoms with E-state index in [-0.39, 0.29) is 11.4 Å². The molecule has 1 aliphatic heterocycles. The van der Waals surface area contributed by atoms with Gasteiger partial charge < -0.3 is 19.7 Å². The van der Waals surface area contributed by atoms with Crippen molar-refractivity contribution in [1.82, 2.24) is 4.90 Å². The number of hydrogen-bond donors (Lipinski definition) is 1. The molecule has 0 aliphatic carbocycles. The molecule has 2 aromatic carbocycles. The molecule has 1 atom stereocenters. The van der Waals surface area contributed by atoms with E-state index in [4.69, 9.17) is 21.1 Å². The molecule has 132 valence electrons. The number of nitrogens with one attached hydrogen (secondary N) is 1. The van der Waals surface area contributed by atoms with Crippen LogP contribution >= 0.6 is 23.4 Å². The zero-order chi connectivity index (χ0) is 17.8. The lowest BCUT2D eigenvalue weighted by molar-refractivity contribution is 0.213. The fraction of sp³-hybridized carbons (Fsp3) is 0.278. The Morgan fingerprint density at radius 1 is 1.24 bits per heavy atom. The van der Waals surface area contributed by atoms with E-state index in [0.29, 0.717) is 17.3 Å². The Balaban J connectivity index is 1.84. The third-order valence-corrected chi connectivity index (χ3v) is 5.41. The first-order valence-electron chi connectivity index (χ1n) is 7.79. The topological polar surface area (TPSA) is 50.8 Å². The van der Waals surface area contributed by atoms with Gasteiger partial charge in [0.05, 0.1) is 14.2 Å². The molecule has 2 amide bonds. The van der Waals surface area contributed by atoms with E-state index in [0.717, 1.165) is 22.8 Å². The summed E-state index contributed by atoms with van der Waals surface area (Å²) in [6.07, 6.45) is 0. The molecule has 1 fully saturated rings. The van der Waals surface area contributed by atoms with E-state index in [2.05, 4.69) is 5.32 Å². The Kier molecular flexibility index (Phi) is 5.60. The van der Waals surface area contributed by atoms with Gasteiger partial charge in [-0.3, -0.25) is 0 Å². The van der Waals surface area contributed by atoms with E-state index >= 15 is 0 Å². The van der Waals surface area contributed by atoms with Gasteiger partial charge in [0.25, 0.3) is 0 Å². The molecule has 7 heteroatoms. The van der Waals surface area contributed by atoms with Crippen LogP contribution in [0.5, 0.6) is 11.5 Å². The lowest BCUT2D eigenvalue weighted by Gasteiger charge is -2.26. The Labute approximate surface area is 156 Å². The van der Waals surface area contributed by atoms with E-state index in [1.54, 1.807) is 49.1 Å². The number of thioether (sulfide) groups is 1. The molecular formula is C18H19ClN2O3S.